The number of carbonyl (C=O) groups excluding carboxylic acids is 4. The van der Waals surface area contributed by atoms with Crippen LogP contribution in [0.25, 0.3) is 6.08 Å². The van der Waals surface area contributed by atoms with Crippen molar-refractivity contribution in [1.29, 1.82) is 0 Å². The standard InChI is InChI=1S/C22H21NO6/c1-3-20(25)23-18-11-9-16(10-12-18)19(24)14-29-21(26)13-6-15-4-7-17(8-5-15)22(27)28-2/h4-13H,3,14H2,1-2H3,(H,23,25)/b13-6+. The molecule has 2 aromatic carbocycles. The van der Waals surface area contributed by atoms with Gasteiger partial charge in [0, 0.05) is 23.7 Å². The molecule has 0 saturated carbocycles. The Morgan fingerprint density at radius 1 is 0.931 bits per heavy atom. The van der Waals surface area contributed by atoms with Gasteiger partial charge in [-0.3, -0.25) is 9.59 Å². The largest absolute Gasteiger partial charge is 0.465 e. The Morgan fingerprint density at radius 2 is 1.55 bits per heavy atom. The van der Waals surface area contributed by atoms with Crippen LogP contribution in [0, 0.1) is 0 Å². The average molecular weight is 395 g/mol. The summed E-state index contributed by atoms with van der Waals surface area (Å²) >= 11 is 0. The van der Waals surface area contributed by atoms with Crippen LogP contribution in [0.1, 0.15) is 39.6 Å². The smallest absolute Gasteiger partial charge is 0.337 e. The predicted molar refractivity (Wildman–Crippen MR) is 107 cm³/mol. The van der Waals surface area contributed by atoms with Crippen LogP contribution in [-0.2, 0) is 19.1 Å². The summed E-state index contributed by atoms with van der Waals surface area (Å²) in [6, 6.07) is 12.8. The van der Waals surface area contributed by atoms with E-state index in [0.29, 0.717) is 28.8 Å². The number of ether oxygens (including phenoxy) is 2. The molecule has 7 heteroatoms. The molecule has 0 radical (unpaired) electrons. The molecule has 0 aliphatic heterocycles. The Morgan fingerprint density at radius 3 is 2.14 bits per heavy atom. The molecule has 2 aromatic rings. The van der Waals surface area contributed by atoms with Crippen molar-refractivity contribution < 1.29 is 28.7 Å². The topological polar surface area (TPSA) is 98.8 Å². The van der Waals surface area contributed by atoms with Gasteiger partial charge in [-0.25, -0.2) is 9.59 Å². The molecule has 0 atom stereocenters. The van der Waals surface area contributed by atoms with E-state index in [9.17, 15) is 19.2 Å². The highest BCUT2D eigenvalue weighted by Gasteiger charge is 2.09. The third-order valence-corrected chi connectivity index (χ3v) is 3.90. The number of methoxy groups -OCH3 is 1. The van der Waals surface area contributed by atoms with Crippen molar-refractivity contribution in [2.24, 2.45) is 0 Å². The normalized spacial score (nSPS) is 10.4. The maximum Gasteiger partial charge on any atom is 0.337 e. The maximum absolute atomic E-state index is 12.1. The quantitative estimate of drug-likeness (QED) is 0.418. The summed E-state index contributed by atoms with van der Waals surface area (Å²) in [6.07, 6.45) is 3.07. The molecule has 2 rings (SSSR count). The van der Waals surface area contributed by atoms with E-state index in [1.54, 1.807) is 55.5 Å². The van der Waals surface area contributed by atoms with Crippen LogP contribution in [0.5, 0.6) is 0 Å². The molecule has 0 unspecified atom stereocenters. The fraction of sp³-hybridized carbons (Fsp3) is 0.182. The van der Waals surface area contributed by atoms with Crippen LogP contribution >= 0.6 is 0 Å². The van der Waals surface area contributed by atoms with Gasteiger partial charge in [-0.2, -0.15) is 0 Å². The Hall–Kier alpha value is -3.74. The van der Waals surface area contributed by atoms with Crippen molar-refractivity contribution in [3.63, 3.8) is 0 Å². The van der Waals surface area contributed by atoms with Crippen LogP contribution in [0.4, 0.5) is 5.69 Å². The molecule has 0 bridgehead atoms. The number of Topliss-reactive ketones (excluding diaryl/α,β-unsaturated/α-hetero) is 1. The molecular weight excluding hydrogens is 374 g/mol. The second-order valence-corrected chi connectivity index (χ2v) is 5.96. The number of hydrogen-bond donors (Lipinski definition) is 1. The Kier molecular flexibility index (Phi) is 7.85. The number of carbonyl (C=O) groups is 4. The number of rotatable bonds is 8. The fourth-order valence-electron chi connectivity index (χ4n) is 2.27. The summed E-state index contributed by atoms with van der Waals surface area (Å²) in [6.45, 7) is 1.35. The van der Waals surface area contributed by atoms with Gasteiger partial charge in [0.15, 0.2) is 12.4 Å². The van der Waals surface area contributed by atoms with Gasteiger partial charge < -0.3 is 14.8 Å². The van der Waals surface area contributed by atoms with E-state index in [4.69, 9.17) is 4.74 Å². The second-order valence-electron chi connectivity index (χ2n) is 5.96. The monoisotopic (exact) mass is 395 g/mol. The van der Waals surface area contributed by atoms with Crippen LogP contribution in [0.15, 0.2) is 54.6 Å². The second kappa shape index (κ2) is 10.6. The Labute approximate surface area is 168 Å². The van der Waals surface area contributed by atoms with E-state index in [0.717, 1.165) is 0 Å². The van der Waals surface area contributed by atoms with Crippen molar-refractivity contribution >= 4 is 35.4 Å². The molecule has 0 aliphatic carbocycles. The summed E-state index contributed by atoms with van der Waals surface area (Å²) in [5.41, 5.74) is 2.05. The minimum atomic E-state index is -0.665. The number of esters is 2. The lowest BCUT2D eigenvalue weighted by atomic mass is 10.1. The molecule has 0 fully saturated rings. The molecule has 150 valence electrons. The minimum absolute atomic E-state index is 0.121. The van der Waals surface area contributed by atoms with Gasteiger partial charge in [-0.15, -0.1) is 0 Å². The molecule has 1 amide bonds. The zero-order valence-corrected chi connectivity index (χ0v) is 16.1. The lowest BCUT2D eigenvalue weighted by Gasteiger charge is -2.05. The lowest BCUT2D eigenvalue weighted by Crippen LogP contribution is -2.13. The Balaban J connectivity index is 1.85. The van der Waals surface area contributed by atoms with Gasteiger partial charge in [-0.05, 0) is 48.0 Å². The van der Waals surface area contributed by atoms with Crippen molar-refractivity contribution in [2.75, 3.05) is 19.0 Å². The SMILES string of the molecule is CCC(=O)Nc1ccc(C(=O)COC(=O)/C=C/c2ccc(C(=O)OC)cc2)cc1. The summed E-state index contributed by atoms with van der Waals surface area (Å²) < 4.78 is 9.56. The van der Waals surface area contributed by atoms with Crippen molar-refractivity contribution in [2.45, 2.75) is 13.3 Å². The van der Waals surface area contributed by atoms with E-state index in [-0.39, 0.29) is 11.7 Å². The number of hydrogen-bond acceptors (Lipinski definition) is 6. The van der Waals surface area contributed by atoms with Gasteiger partial charge in [0.2, 0.25) is 5.91 Å². The first-order valence-electron chi connectivity index (χ1n) is 8.89. The first-order valence-corrected chi connectivity index (χ1v) is 8.89. The van der Waals surface area contributed by atoms with E-state index < -0.39 is 18.5 Å². The van der Waals surface area contributed by atoms with Gasteiger partial charge in [0.05, 0.1) is 12.7 Å². The van der Waals surface area contributed by atoms with Gasteiger partial charge in [-0.1, -0.05) is 19.1 Å². The fourth-order valence-corrected chi connectivity index (χ4v) is 2.27. The Bertz CT molecular complexity index is 913. The average Bonchev–Trinajstić information content (AvgIpc) is 2.76. The maximum atomic E-state index is 12.1. The van der Waals surface area contributed by atoms with E-state index >= 15 is 0 Å². The van der Waals surface area contributed by atoms with Crippen molar-refractivity contribution in [3.8, 4) is 0 Å². The molecule has 0 aliphatic rings. The summed E-state index contributed by atoms with van der Waals surface area (Å²) in [4.78, 5) is 46.6. The first-order chi connectivity index (χ1) is 13.9. The van der Waals surface area contributed by atoms with Crippen LogP contribution in [-0.4, -0.2) is 37.3 Å². The van der Waals surface area contributed by atoms with Gasteiger partial charge in [0.25, 0.3) is 0 Å². The van der Waals surface area contributed by atoms with E-state index in [2.05, 4.69) is 10.1 Å². The van der Waals surface area contributed by atoms with E-state index in [1.807, 2.05) is 0 Å². The van der Waals surface area contributed by atoms with Crippen molar-refractivity contribution in [3.05, 3.63) is 71.3 Å². The zero-order chi connectivity index (χ0) is 21.2. The highest BCUT2D eigenvalue weighted by molar-refractivity contribution is 5.99. The lowest BCUT2D eigenvalue weighted by molar-refractivity contribution is -0.136. The number of nitrogens with one attached hydrogen (secondary N) is 1. The van der Waals surface area contributed by atoms with Gasteiger partial charge >= 0.3 is 11.9 Å². The minimum Gasteiger partial charge on any atom is -0.465 e. The molecule has 0 heterocycles. The molecule has 0 spiro atoms. The number of amides is 1. The van der Waals surface area contributed by atoms with Crippen LogP contribution in [0.3, 0.4) is 0 Å². The van der Waals surface area contributed by atoms with Gasteiger partial charge in [0.1, 0.15) is 0 Å². The molecule has 0 aromatic heterocycles. The number of ketones is 1. The number of benzene rings is 2. The summed E-state index contributed by atoms with van der Waals surface area (Å²) in [5.74, 6) is -1.59. The molecule has 1 N–H and O–H groups in total. The zero-order valence-electron chi connectivity index (χ0n) is 16.1. The highest BCUT2D eigenvalue weighted by atomic mass is 16.5. The summed E-state index contributed by atoms with van der Waals surface area (Å²) in [7, 11) is 1.30. The summed E-state index contributed by atoms with van der Waals surface area (Å²) in [5, 5.41) is 2.68. The molecule has 7 nitrogen and oxygen atoms in total. The molecular formula is C22H21NO6. The van der Waals surface area contributed by atoms with Crippen LogP contribution in [0.2, 0.25) is 0 Å². The third-order valence-electron chi connectivity index (χ3n) is 3.90. The van der Waals surface area contributed by atoms with Crippen LogP contribution < -0.4 is 5.32 Å². The predicted octanol–water partition coefficient (Wildman–Crippen LogP) is 3.26. The molecule has 29 heavy (non-hydrogen) atoms. The highest BCUT2D eigenvalue weighted by Crippen LogP contribution is 2.11. The van der Waals surface area contributed by atoms with E-state index in [1.165, 1.54) is 19.3 Å². The third kappa shape index (κ3) is 6.73. The van der Waals surface area contributed by atoms with Crippen molar-refractivity contribution in [1.82, 2.24) is 0 Å². The first kappa shape index (κ1) is 21.6. The number of anilines is 1. The molecule has 0 saturated heterocycles.